The number of carbonyl (C=O) groups excluding carboxylic acids is 1. The van der Waals surface area contributed by atoms with Gasteiger partial charge in [-0.05, 0) is 6.26 Å². The molecule has 0 aromatic rings. The van der Waals surface area contributed by atoms with Crippen LogP contribution in [0, 0.1) is 0 Å². The molecule has 0 aromatic carbocycles. The van der Waals surface area contributed by atoms with E-state index in [-0.39, 0.29) is 11.4 Å². The molecule has 52 valence electrons. The van der Waals surface area contributed by atoms with Gasteiger partial charge in [0.25, 0.3) is 0 Å². The summed E-state index contributed by atoms with van der Waals surface area (Å²) in [6, 6.07) is 0. The Labute approximate surface area is 58.6 Å². The predicted octanol–water partition coefficient (Wildman–Crippen LogP) is -0.258. The van der Waals surface area contributed by atoms with Crippen LogP contribution in [0.4, 0.5) is 0 Å². The minimum absolute atomic E-state index is 0.131. The van der Waals surface area contributed by atoms with Crippen LogP contribution in [0.25, 0.3) is 0 Å². The fourth-order valence-corrected chi connectivity index (χ4v) is 1.26. The average molecular weight is 146 g/mol. The molecule has 1 fully saturated rings. The van der Waals surface area contributed by atoms with Crippen molar-refractivity contribution in [2.75, 3.05) is 12.8 Å². The minimum Gasteiger partial charge on any atom is -0.332 e. The Morgan fingerprint density at radius 3 is 3.00 bits per heavy atom. The zero-order valence-corrected chi connectivity index (χ0v) is 6.12. The van der Waals surface area contributed by atoms with Crippen LogP contribution in [-0.4, -0.2) is 24.2 Å². The second-order valence-corrected chi connectivity index (χ2v) is 2.83. The van der Waals surface area contributed by atoms with Crippen LogP contribution in [0.15, 0.2) is 0 Å². The summed E-state index contributed by atoms with van der Waals surface area (Å²) >= 11 is 1.61. The molecule has 0 spiro atoms. The fourth-order valence-electron chi connectivity index (χ4n) is 0.728. The normalized spacial score (nSPS) is 27.7. The predicted molar refractivity (Wildman–Crippen MR) is 38.1 cm³/mol. The monoisotopic (exact) mass is 146 g/mol. The highest BCUT2D eigenvalue weighted by Gasteiger charge is 2.14. The third-order valence-corrected chi connectivity index (χ3v) is 1.97. The van der Waals surface area contributed by atoms with Crippen LogP contribution >= 0.6 is 11.8 Å². The Bertz CT molecular complexity index is 118. The maximum absolute atomic E-state index is 10.7. The van der Waals surface area contributed by atoms with Gasteiger partial charge in [0.1, 0.15) is 5.50 Å². The standard InChI is InChI=1S/C5H10N2OS/c1-9-5-6-3-2-4(8)7-5/h5-6H,2-3H2,1H3,(H,7,8). The Morgan fingerprint density at radius 2 is 2.56 bits per heavy atom. The molecule has 2 N–H and O–H groups in total. The van der Waals surface area contributed by atoms with Gasteiger partial charge in [-0.25, -0.2) is 0 Å². The molecule has 0 bridgehead atoms. The molecule has 1 unspecified atom stereocenters. The van der Waals surface area contributed by atoms with E-state index in [0.717, 1.165) is 6.54 Å². The number of carbonyl (C=O) groups is 1. The van der Waals surface area contributed by atoms with Gasteiger partial charge in [0, 0.05) is 13.0 Å². The first-order valence-electron chi connectivity index (χ1n) is 2.88. The highest BCUT2D eigenvalue weighted by Crippen LogP contribution is 2.02. The largest absolute Gasteiger partial charge is 0.332 e. The molecule has 1 rings (SSSR count). The summed E-state index contributed by atoms with van der Waals surface area (Å²) in [5.74, 6) is 0.146. The second kappa shape index (κ2) is 3.08. The Balaban J connectivity index is 2.32. The molecule has 9 heavy (non-hydrogen) atoms. The number of hydrogen-bond donors (Lipinski definition) is 2. The number of nitrogens with one attached hydrogen (secondary N) is 2. The van der Waals surface area contributed by atoms with Gasteiger partial charge < -0.3 is 5.32 Å². The summed E-state index contributed by atoms with van der Waals surface area (Å²) in [7, 11) is 0. The summed E-state index contributed by atoms with van der Waals surface area (Å²) in [6.07, 6.45) is 2.57. The smallest absolute Gasteiger partial charge is 0.223 e. The van der Waals surface area contributed by atoms with Crippen LogP contribution in [0.5, 0.6) is 0 Å². The fraction of sp³-hybridized carbons (Fsp3) is 0.800. The van der Waals surface area contributed by atoms with Crippen LogP contribution in [0.3, 0.4) is 0 Å². The van der Waals surface area contributed by atoms with Gasteiger partial charge in [0.05, 0.1) is 0 Å². The molecular formula is C5H10N2OS. The molecule has 3 nitrogen and oxygen atoms in total. The van der Waals surface area contributed by atoms with Crippen molar-refractivity contribution in [1.82, 2.24) is 10.6 Å². The van der Waals surface area contributed by atoms with Gasteiger partial charge >= 0.3 is 0 Å². The van der Waals surface area contributed by atoms with Crippen LogP contribution in [0.1, 0.15) is 6.42 Å². The van der Waals surface area contributed by atoms with Gasteiger partial charge in [-0.15, -0.1) is 11.8 Å². The third kappa shape index (κ3) is 1.87. The van der Waals surface area contributed by atoms with E-state index in [1.807, 2.05) is 6.26 Å². The van der Waals surface area contributed by atoms with E-state index in [0.29, 0.717) is 6.42 Å². The van der Waals surface area contributed by atoms with E-state index in [4.69, 9.17) is 0 Å². The van der Waals surface area contributed by atoms with Crippen LogP contribution in [0.2, 0.25) is 0 Å². The zero-order valence-electron chi connectivity index (χ0n) is 5.31. The summed E-state index contributed by atoms with van der Waals surface area (Å²) in [5, 5.41) is 5.91. The van der Waals surface area contributed by atoms with Gasteiger partial charge in [-0.2, -0.15) is 0 Å². The van der Waals surface area contributed by atoms with Crippen molar-refractivity contribution in [2.45, 2.75) is 11.9 Å². The lowest BCUT2D eigenvalue weighted by molar-refractivity contribution is -0.122. The van der Waals surface area contributed by atoms with E-state index >= 15 is 0 Å². The highest BCUT2D eigenvalue weighted by atomic mass is 32.2. The van der Waals surface area contributed by atoms with Crippen LogP contribution < -0.4 is 10.6 Å². The van der Waals surface area contributed by atoms with Crippen LogP contribution in [-0.2, 0) is 4.79 Å². The lowest BCUT2D eigenvalue weighted by atomic mass is 10.3. The third-order valence-electron chi connectivity index (χ3n) is 1.21. The molecule has 0 aromatic heterocycles. The number of thioether (sulfide) groups is 1. The molecule has 1 aliphatic heterocycles. The van der Waals surface area contributed by atoms with Crippen molar-refractivity contribution in [2.24, 2.45) is 0 Å². The first kappa shape index (κ1) is 6.89. The van der Waals surface area contributed by atoms with E-state index in [1.165, 1.54) is 0 Å². The number of amides is 1. The lowest BCUT2D eigenvalue weighted by Crippen LogP contribution is -2.49. The maximum atomic E-state index is 10.7. The van der Waals surface area contributed by atoms with Gasteiger partial charge in [0.15, 0.2) is 0 Å². The summed E-state index contributed by atoms with van der Waals surface area (Å²) < 4.78 is 0. The molecule has 0 saturated carbocycles. The van der Waals surface area contributed by atoms with Gasteiger partial charge in [-0.1, -0.05) is 0 Å². The minimum atomic E-state index is 0.131. The zero-order chi connectivity index (χ0) is 6.69. The molecule has 4 heteroatoms. The Kier molecular flexibility index (Phi) is 2.36. The molecule has 0 radical (unpaired) electrons. The molecule has 1 heterocycles. The molecule has 1 atom stereocenters. The van der Waals surface area contributed by atoms with Crippen molar-refractivity contribution in [3.8, 4) is 0 Å². The maximum Gasteiger partial charge on any atom is 0.223 e. The number of hydrogen-bond acceptors (Lipinski definition) is 3. The second-order valence-electron chi connectivity index (χ2n) is 1.89. The lowest BCUT2D eigenvalue weighted by Gasteiger charge is -2.22. The molecule has 1 aliphatic rings. The number of rotatable bonds is 1. The average Bonchev–Trinajstić information content (AvgIpc) is 1.88. The SMILES string of the molecule is CSC1NCCC(=O)N1. The van der Waals surface area contributed by atoms with Gasteiger partial charge in [-0.3, -0.25) is 10.1 Å². The molecule has 0 aliphatic carbocycles. The summed E-state index contributed by atoms with van der Waals surface area (Å²) in [5.41, 5.74) is 0.131. The van der Waals surface area contributed by atoms with Crippen molar-refractivity contribution in [3.63, 3.8) is 0 Å². The Morgan fingerprint density at radius 1 is 1.78 bits per heavy atom. The first-order valence-corrected chi connectivity index (χ1v) is 4.17. The van der Waals surface area contributed by atoms with Gasteiger partial charge in [0.2, 0.25) is 5.91 Å². The summed E-state index contributed by atoms with van der Waals surface area (Å²) in [6.45, 7) is 0.803. The van der Waals surface area contributed by atoms with E-state index < -0.39 is 0 Å². The first-order chi connectivity index (χ1) is 4.33. The van der Waals surface area contributed by atoms with Crippen molar-refractivity contribution in [1.29, 1.82) is 0 Å². The van der Waals surface area contributed by atoms with Crippen molar-refractivity contribution < 1.29 is 4.79 Å². The molecule has 1 amide bonds. The highest BCUT2D eigenvalue weighted by molar-refractivity contribution is 7.99. The quantitative estimate of drug-likeness (QED) is 0.535. The topological polar surface area (TPSA) is 41.1 Å². The van der Waals surface area contributed by atoms with Crippen molar-refractivity contribution in [3.05, 3.63) is 0 Å². The Hall–Kier alpha value is -0.220. The molecular weight excluding hydrogens is 136 g/mol. The molecule has 1 saturated heterocycles. The van der Waals surface area contributed by atoms with E-state index in [2.05, 4.69) is 10.6 Å². The van der Waals surface area contributed by atoms with E-state index in [1.54, 1.807) is 11.8 Å². The van der Waals surface area contributed by atoms with E-state index in [9.17, 15) is 4.79 Å². The van der Waals surface area contributed by atoms with Crippen molar-refractivity contribution >= 4 is 17.7 Å². The summed E-state index contributed by atoms with van der Waals surface area (Å²) in [4.78, 5) is 10.7.